The number of nitriles is 1. The van der Waals surface area contributed by atoms with Crippen LogP contribution >= 0.6 is 0 Å². The third-order valence-corrected chi connectivity index (χ3v) is 9.53. The van der Waals surface area contributed by atoms with Gasteiger partial charge in [0.2, 0.25) is 5.91 Å². The van der Waals surface area contributed by atoms with E-state index in [0.717, 1.165) is 58.4 Å². The highest BCUT2D eigenvalue weighted by Gasteiger charge is 2.43. The van der Waals surface area contributed by atoms with E-state index in [1.165, 1.54) is 32.1 Å². The molecule has 10 nitrogen and oxygen atoms in total. The molecule has 4 aliphatic rings. The van der Waals surface area contributed by atoms with Gasteiger partial charge in [-0.3, -0.25) is 9.69 Å². The molecule has 0 bridgehead atoms. The lowest BCUT2D eigenvalue weighted by atomic mass is 9.64. The molecule has 6 unspecified atom stereocenters. The van der Waals surface area contributed by atoms with E-state index in [1.807, 2.05) is 0 Å². The maximum Gasteiger partial charge on any atom is 0.227 e. The molecule has 210 valence electrons. The summed E-state index contributed by atoms with van der Waals surface area (Å²) in [6.45, 7) is 5.19. The molecule has 1 saturated carbocycles. The van der Waals surface area contributed by atoms with Crippen LogP contribution in [0.2, 0.25) is 0 Å². The van der Waals surface area contributed by atoms with Crippen LogP contribution in [0.25, 0.3) is 0 Å². The molecule has 0 radical (unpaired) electrons. The summed E-state index contributed by atoms with van der Waals surface area (Å²) in [5.41, 5.74) is 18.8. The zero-order valence-corrected chi connectivity index (χ0v) is 22.5. The van der Waals surface area contributed by atoms with E-state index in [9.17, 15) is 10.1 Å². The molecule has 0 aromatic heterocycles. The zero-order valence-electron chi connectivity index (χ0n) is 22.5. The Bertz CT molecular complexity index is 768. The van der Waals surface area contributed by atoms with Crippen LogP contribution in [0.4, 0.5) is 0 Å². The summed E-state index contributed by atoms with van der Waals surface area (Å²) in [6.07, 6.45) is 10.0. The van der Waals surface area contributed by atoms with Crippen molar-refractivity contribution in [1.82, 2.24) is 20.9 Å². The molecule has 10 heteroatoms. The second-order valence-electron chi connectivity index (χ2n) is 12.0. The van der Waals surface area contributed by atoms with Crippen molar-refractivity contribution in [3.05, 3.63) is 0 Å². The molecule has 4 rings (SSSR count). The van der Waals surface area contributed by atoms with Crippen LogP contribution in [0.3, 0.4) is 0 Å². The number of carbonyl (C=O) groups excluding carboxylic acids is 1. The van der Waals surface area contributed by atoms with Gasteiger partial charge in [0, 0.05) is 44.7 Å². The van der Waals surface area contributed by atoms with E-state index in [4.69, 9.17) is 21.9 Å². The highest BCUT2D eigenvalue weighted by Crippen LogP contribution is 2.46. The lowest BCUT2D eigenvalue weighted by Crippen LogP contribution is -2.65. The van der Waals surface area contributed by atoms with Crippen molar-refractivity contribution < 1.29 is 9.53 Å². The van der Waals surface area contributed by atoms with Crippen LogP contribution in [-0.4, -0.2) is 87.1 Å². The Kier molecular flexibility index (Phi) is 10.6. The van der Waals surface area contributed by atoms with Crippen LogP contribution in [0.15, 0.2) is 0 Å². The Labute approximate surface area is 222 Å². The van der Waals surface area contributed by atoms with Gasteiger partial charge in [0.1, 0.15) is 0 Å². The molecule has 1 aliphatic carbocycles. The normalized spacial score (nSPS) is 34.3. The monoisotopic (exact) mass is 518 g/mol. The second-order valence-corrected chi connectivity index (χ2v) is 12.0. The fourth-order valence-corrected chi connectivity index (χ4v) is 7.40. The van der Waals surface area contributed by atoms with Gasteiger partial charge in [-0.15, -0.1) is 0 Å². The van der Waals surface area contributed by atoms with E-state index in [2.05, 4.69) is 26.9 Å². The number of hydrogen-bond acceptors (Lipinski definition) is 9. The van der Waals surface area contributed by atoms with Crippen LogP contribution in [0.5, 0.6) is 0 Å². The lowest BCUT2D eigenvalue weighted by Gasteiger charge is -2.46. The SMILES string of the molecule is N#CCC1CCC2(CCCCC2)CC(C(C(=O)NC2CNCCC2N2CCOC(CN)C2)C(N)N)NC1. The molecule has 1 amide bonds. The Morgan fingerprint density at radius 2 is 2.00 bits per heavy atom. The number of nitrogens with one attached hydrogen (secondary N) is 3. The molecular formula is C27H50N8O2. The Balaban J connectivity index is 1.49. The van der Waals surface area contributed by atoms with Crippen LogP contribution < -0.4 is 33.2 Å². The van der Waals surface area contributed by atoms with E-state index in [0.29, 0.717) is 25.5 Å². The average molecular weight is 519 g/mol. The first-order valence-corrected chi connectivity index (χ1v) is 14.6. The number of ether oxygens (including phenoxy) is 1. The number of nitrogens with two attached hydrogens (primary N) is 3. The Morgan fingerprint density at radius 1 is 1.19 bits per heavy atom. The van der Waals surface area contributed by atoms with E-state index < -0.39 is 12.1 Å². The molecule has 0 aromatic rings. The molecule has 3 aliphatic heterocycles. The molecule has 3 heterocycles. The summed E-state index contributed by atoms with van der Waals surface area (Å²) >= 11 is 0. The summed E-state index contributed by atoms with van der Waals surface area (Å²) in [4.78, 5) is 16.4. The Morgan fingerprint density at radius 3 is 2.73 bits per heavy atom. The minimum atomic E-state index is -0.757. The van der Waals surface area contributed by atoms with Gasteiger partial charge in [-0.2, -0.15) is 5.26 Å². The van der Waals surface area contributed by atoms with Crippen molar-refractivity contribution in [3.63, 3.8) is 0 Å². The Hall–Kier alpha value is -1.32. The van der Waals surface area contributed by atoms with Gasteiger partial charge < -0.3 is 37.9 Å². The zero-order chi connectivity index (χ0) is 26.3. The molecule has 1 spiro atoms. The number of piperidine rings is 1. The molecule has 9 N–H and O–H groups in total. The lowest BCUT2D eigenvalue weighted by molar-refractivity contribution is -0.129. The van der Waals surface area contributed by atoms with Crippen molar-refractivity contribution in [2.24, 2.45) is 34.5 Å². The smallest absolute Gasteiger partial charge is 0.227 e. The van der Waals surface area contributed by atoms with Gasteiger partial charge >= 0.3 is 0 Å². The fourth-order valence-electron chi connectivity index (χ4n) is 7.40. The predicted octanol–water partition coefficient (Wildman–Crippen LogP) is -0.0252. The van der Waals surface area contributed by atoms with Crippen molar-refractivity contribution in [3.8, 4) is 6.07 Å². The predicted molar refractivity (Wildman–Crippen MR) is 144 cm³/mol. The summed E-state index contributed by atoms with van der Waals surface area (Å²) in [6, 6.07) is 2.47. The van der Waals surface area contributed by atoms with Crippen LogP contribution in [0.1, 0.15) is 64.2 Å². The van der Waals surface area contributed by atoms with Crippen molar-refractivity contribution >= 4 is 5.91 Å². The van der Waals surface area contributed by atoms with E-state index in [1.54, 1.807) is 0 Å². The van der Waals surface area contributed by atoms with Gasteiger partial charge in [-0.05, 0) is 62.9 Å². The average Bonchev–Trinajstić information content (AvgIpc) is 2.90. The molecule has 3 saturated heterocycles. The second kappa shape index (κ2) is 13.7. The minimum Gasteiger partial charge on any atom is -0.374 e. The van der Waals surface area contributed by atoms with Crippen LogP contribution in [0, 0.1) is 28.6 Å². The number of morpholine rings is 1. The third-order valence-electron chi connectivity index (χ3n) is 9.53. The highest BCUT2D eigenvalue weighted by atomic mass is 16.5. The van der Waals surface area contributed by atoms with Gasteiger partial charge in [-0.1, -0.05) is 19.3 Å². The summed E-state index contributed by atoms with van der Waals surface area (Å²) < 4.78 is 5.79. The maximum absolute atomic E-state index is 13.9. The highest BCUT2D eigenvalue weighted by molar-refractivity contribution is 5.80. The number of carbonyl (C=O) groups is 1. The summed E-state index contributed by atoms with van der Waals surface area (Å²) in [5, 5.41) is 19.9. The summed E-state index contributed by atoms with van der Waals surface area (Å²) in [5.74, 6) is -0.282. The standard InChI is InChI=1S/C27H50N8O2/c28-10-5-19-4-9-27(7-2-1-3-8-27)14-21(33-16-19)24(25(30)31)26(36)34-22-17-32-11-6-23(22)35-12-13-37-20(15-29)18-35/h19-25,32-33H,1-9,11-18,29-31H2,(H,34,36). The van der Waals surface area contributed by atoms with Crippen molar-refractivity contribution in [2.45, 2.75) is 94.6 Å². The van der Waals surface area contributed by atoms with Crippen molar-refractivity contribution in [1.29, 1.82) is 5.26 Å². The van der Waals surface area contributed by atoms with Crippen molar-refractivity contribution in [2.75, 3.05) is 45.9 Å². The molecule has 0 aromatic carbocycles. The van der Waals surface area contributed by atoms with Gasteiger partial charge in [0.05, 0.1) is 36.9 Å². The number of amides is 1. The molecule has 4 fully saturated rings. The minimum absolute atomic E-state index is 0.0254. The number of hydrogen-bond donors (Lipinski definition) is 6. The van der Waals surface area contributed by atoms with Crippen LogP contribution in [-0.2, 0) is 9.53 Å². The summed E-state index contributed by atoms with van der Waals surface area (Å²) in [7, 11) is 0. The van der Waals surface area contributed by atoms with E-state index in [-0.39, 0.29) is 35.6 Å². The quantitative estimate of drug-likeness (QED) is 0.254. The first-order valence-electron chi connectivity index (χ1n) is 14.6. The molecule has 37 heavy (non-hydrogen) atoms. The van der Waals surface area contributed by atoms with E-state index >= 15 is 0 Å². The maximum atomic E-state index is 13.9. The number of rotatable bonds is 7. The fraction of sp³-hybridized carbons (Fsp3) is 0.926. The third kappa shape index (κ3) is 7.41. The first kappa shape index (κ1) is 28.7. The number of nitrogens with zero attached hydrogens (tertiary/aromatic N) is 2. The topological polar surface area (TPSA) is 167 Å². The van der Waals surface area contributed by atoms with Gasteiger partial charge in [-0.25, -0.2) is 0 Å². The largest absolute Gasteiger partial charge is 0.374 e. The first-order chi connectivity index (χ1) is 17.9. The molecule has 6 atom stereocenters. The van der Waals surface area contributed by atoms with Gasteiger partial charge in [0.25, 0.3) is 0 Å². The molecular weight excluding hydrogens is 468 g/mol. The van der Waals surface area contributed by atoms with Gasteiger partial charge in [0.15, 0.2) is 0 Å².